The molecule has 1 aliphatic heterocycles. The molecule has 1 aromatic rings. The van der Waals surface area contributed by atoms with Crippen LogP contribution in [-0.2, 0) is 7.05 Å². The second-order valence-electron chi connectivity index (χ2n) is 6.25. The Bertz CT molecular complexity index is 400. The molecule has 0 radical (unpaired) electrons. The lowest BCUT2D eigenvalue weighted by Crippen LogP contribution is -2.27. The molecule has 1 aliphatic rings. The first kappa shape index (κ1) is 12.3. The van der Waals surface area contributed by atoms with Gasteiger partial charge in [0, 0.05) is 19.6 Å². The van der Waals surface area contributed by atoms with Gasteiger partial charge in [-0.3, -0.25) is 4.68 Å². The maximum atomic E-state index is 4.46. The van der Waals surface area contributed by atoms with Crippen molar-refractivity contribution in [1.82, 2.24) is 9.78 Å². The highest BCUT2D eigenvalue weighted by atomic mass is 15.3. The first-order valence-electron chi connectivity index (χ1n) is 6.41. The van der Waals surface area contributed by atoms with Gasteiger partial charge in [0.1, 0.15) is 11.5 Å². The molecule has 0 saturated heterocycles. The van der Waals surface area contributed by atoms with Gasteiger partial charge in [0.15, 0.2) is 0 Å². The van der Waals surface area contributed by atoms with Gasteiger partial charge in [-0.15, -0.1) is 0 Å². The number of aromatic nitrogens is 2. The number of fused-ring (bicyclic) bond motifs is 1. The van der Waals surface area contributed by atoms with Gasteiger partial charge in [-0.25, -0.2) is 0 Å². The molecule has 2 heterocycles. The summed E-state index contributed by atoms with van der Waals surface area (Å²) >= 11 is 0. The summed E-state index contributed by atoms with van der Waals surface area (Å²) in [6.45, 7) is 9.96. The molecule has 4 heteroatoms. The van der Waals surface area contributed by atoms with Gasteiger partial charge in [0.25, 0.3) is 0 Å². The second kappa shape index (κ2) is 4.24. The van der Waals surface area contributed by atoms with Crippen molar-refractivity contribution in [2.45, 2.75) is 46.6 Å². The fourth-order valence-corrected chi connectivity index (χ4v) is 2.56. The Hall–Kier alpha value is -1.19. The van der Waals surface area contributed by atoms with E-state index in [4.69, 9.17) is 0 Å². The summed E-state index contributed by atoms with van der Waals surface area (Å²) in [7, 11) is 2.00. The Morgan fingerprint density at radius 1 is 1.41 bits per heavy atom. The highest BCUT2D eigenvalue weighted by Gasteiger charge is 2.24. The number of anilines is 2. The molecule has 0 amide bonds. The van der Waals surface area contributed by atoms with Gasteiger partial charge in [-0.1, -0.05) is 20.8 Å². The molecule has 0 fully saturated rings. The summed E-state index contributed by atoms with van der Waals surface area (Å²) in [5, 5.41) is 11.6. The smallest absolute Gasteiger partial charge is 0.148 e. The van der Waals surface area contributed by atoms with Crippen molar-refractivity contribution < 1.29 is 0 Å². The summed E-state index contributed by atoms with van der Waals surface area (Å²) in [6, 6.07) is 0.526. The van der Waals surface area contributed by atoms with Crippen LogP contribution >= 0.6 is 0 Å². The maximum Gasteiger partial charge on any atom is 0.148 e. The Kier molecular flexibility index (Phi) is 3.06. The molecule has 0 spiro atoms. The van der Waals surface area contributed by atoms with Crippen molar-refractivity contribution in [3.63, 3.8) is 0 Å². The Balaban J connectivity index is 2.19. The van der Waals surface area contributed by atoms with E-state index in [-0.39, 0.29) is 0 Å². The van der Waals surface area contributed by atoms with Crippen LogP contribution in [-0.4, -0.2) is 22.4 Å². The zero-order valence-electron chi connectivity index (χ0n) is 11.6. The van der Waals surface area contributed by atoms with Gasteiger partial charge in [0.2, 0.25) is 0 Å². The van der Waals surface area contributed by atoms with Crippen molar-refractivity contribution in [3.05, 3.63) is 5.69 Å². The van der Waals surface area contributed by atoms with Crippen LogP contribution in [0.15, 0.2) is 0 Å². The van der Waals surface area contributed by atoms with Crippen molar-refractivity contribution >= 4 is 11.5 Å². The number of aryl methyl sites for hydroxylation is 2. The Morgan fingerprint density at radius 2 is 2.12 bits per heavy atom. The van der Waals surface area contributed by atoms with Gasteiger partial charge >= 0.3 is 0 Å². The van der Waals surface area contributed by atoms with Crippen LogP contribution in [0.25, 0.3) is 0 Å². The number of rotatable bonds is 1. The van der Waals surface area contributed by atoms with E-state index in [1.54, 1.807) is 0 Å². The lowest BCUT2D eigenvalue weighted by molar-refractivity contribution is 0.344. The van der Waals surface area contributed by atoms with E-state index in [2.05, 4.69) is 43.4 Å². The summed E-state index contributed by atoms with van der Waals surface area (Å²) in [5.74, 6) is 1.13. The van der Waals surface area contributed by atoms with Crippen molar-refractivity contribution in [1.29, 1.82) is 0 Å². The van der Waals surface area contributed by atoms with E-state index in [0.717, 1.165) is 24.5 Å². The summed E-state index contributed by atoms with van der Waals surface area (Å²) in [5.41, 5.74) is 2.60. The lowest BCUT2D eigenvalue weighted by atomic mass is 9.87. The van der Waals surface area contributed by atoms with Gasteiger partial charge in [-0.2, -0.15) is 5.10 Å². The van der Waals surface area contributed by atoms with Crippen molar-refractivity contribution in [2.24, 2.45) is 12.5 Å². The zero-order chi connectivity index (χ0) is 12.6. The standard InChI is InChI=1S/C13H24N4/c1-9-11-12(17(5)16-9)15-10(6-7-14-11)8-13(2,3)4/h10,14-15H,6-8H2,1-5H3. The van der Waals surface area contributed by atoms with Gasteiger partial charge < -0.3 is 10.6 Å². The fraction of sp³-hybridized carbons (Fsp3) is 0.769. The number of hydrogen-bond donors (Lipinski definition) is 2. The van der Waals surface area contributed by atoms with Crippen LogP contribution in [0.5, 0.6) is 0 Å². The maximum absolute atomic E-state index is 4.46. The Morgan fingerprint density at radius 3 is 2.76 bits per heavy atom. The molecule has 0 saturated carbocycles. The number of hydrogen-bond acceptors (Lipinski definition) is 3. The van der Waals surface area contributed by atoms with Gasteiger partial charge in [-0.05, 0) is 25.2 Å². The third-order valence-electron chi connectivity index (χ3n) is 3.22. The molecule has 1 unspecified atom stereocenters. The quantitative estimate of drug-likeness (QED) is 0.788. The number of nitrogens with one attached hydrogen (secondary N) is 2. The van der Waals surface area contributed by atoms with E-state index in [9.17, 15) is 0 Å². The monoisotopic (exact) mass is 236 g/mol. The third kappa shape index (κ3) is 2.73. The highest BCUT2D eigenvalue weighted by Crippen LogP contribution is 2.31. The SMILES string of the molecule is Cc1nn(C)c2c1NCCC(CC(C)(C)C)N2. The van der Waals surface area contributed by atoms with E-state index >= 15 is 0 Å². The lowest BCUT2D eigenvalue weighted by Gasteiger charge is -2.26. The normalized spacial score (nSPS) is 20.2. The molecule has 4 nitrogen and oxygen atoms in total. The van der Waals surface area contributed by atoms with Crippen LogP contribution < -0.4 is 10.6 Å². The number of nitrogens with zero attached hydrogens (tertiary/aromatic N) is 2. The van der Waals surface area contributed by atoms with Crippen LogP contribution in [0, 0.1) is 12.3 Å². The molecular weight excluding hydrogens is 212 g/mol. The zero-order valence-corrected chi connectivity index (χ0v) is 11.6. The molecule has 0 bridgehead atoms. The molecule has 2 N–H and O–H groups in total. The minimum Gasteiger partial charge on any atom is -0.380 e. The Labute approximate surface area is 104 Å². The average Bonchev–Trinajstić information content (AvgIpc) is 2.36. The van der Waals surface area contributed by atoms with E-state index < -0.39 is 0 Å². The predicted molar refractivity (Wildman–Crippen MR) is 72.5 cm³/mol. The predicted octanol–water partition coefficient (Wildman–Crippen LogP) is 2.76. The van der Waals surface area contributed by atoms with Crippen LogP contribution in [0.1, 0.15) is 39.3 Å². The van der Waals surface area contributed by atoms with Crippen LogP contribution in [0.2, 0.25) is 0 Å². The average molecular weight is 236 g/mol. The molecule has 96 valence electrons. The first-order valence-corrected chi connectivity index (χ1v) is 6.41. The largest absolute Gasteiger partial charge is 0.380 e. The summed E-state index contributed by atoms with van der Waals surface area (Å²) in [6.07, 6.45) is 2.34. The molecule has 2 rings (SSSR count). The topological polar surface area (TPSA) is 41.9 Å². The van der Waals surface area contributed by atoms with E-state index in [1.165, 1.54) is 12.1 Å². The van der Waals surface area contributed by atoms with E-state index in [0.29, 0.717) is 11.5 Å². The second-order valence-corrected chi connectivity index (χ2v) is 6.25. The van der Waals surface area contributed by atoms with Crippen LogP contribution in [0.4, 0.5) is 11.5 Å². The minimum atomic E-state index is 0.357. The fourth-order valence-electron chi connectivity index (χ4n) is 2.56. The van der Waals surface area contributed by atoms with Crippen LogP contribution in [0.3, 0.4) is 0 Å². The summed E-state index contributed by atoms with van der Waals surface area (Å²) in [4.78, 5) is 0. The molecule has 0 aromatic carbocycles. The molecule has 1 atom stereocenters. The molecule has 17 heavy (non-hydrogen) atoms. The van der Waals surface area contributed by atoms with E-state index in [1.807, 2.05) is 11.7 Å². The third-order valence-corrected chi connectivity index (χ3v) is 3.22. The summed E-state index contributed by atoms with van der Waals surface area (Å²) < 4.78 is 1.94. The van der Waals surface area contributed by atoms with Gasteiger partial charge in [0.05, 0.1) is 5.69 Å². The van der Waals surface area contributed by atoms with Crippen molar-refractivity contribution in [3.8, 4) is 0 Å². The molecule has 0 aliphatic carbocycles. The first-order chi connectivity index (χ1) is 7.87. The highest BCUT2D eigenvalue weighted by molar-refractivity contribution is 5.69. The molecular formula is C13H24N4. The molecule has 1 aromatic heterocycles. The van der Waals surface area contributed by atoms with Crippen molar-refractivity contribution in [2.75, 3.05) is 17.2 Å². The minimum absolute atomic E-state index is 0.357.